The molecule has 0 atom stereocenters. The molecule has 2 rings (SSSR count). The Morgan fingerprint density at radius 2 is 1.93 bits per heavy atom. The molecular weight excluding hydrogens is 212 g/mol. The van der Waals surface area contributed by atoms with E-state index in [1.165, 1.54) is 6.92 Å². The maximum Gasteiger partial charge on any atom is 0.159 e. The fourth-order valence-electron chi connectivity index (χ4n) is 1.48. The fourth-order valence-corrected chi connectivity index (χ4v) is 1.65. The summed E-state index contributed by atoms with van der Waals surface area (Å²) < 4.78 is 0. The molecule has 0 aliphatic rings. The monoisotopic (exact) mass is 220 g/mol. The number of carbonyl (C=O) groups is 1. The van der Waals surface area contributed by atoms with Crippen LogP contribution >= 0.6 is 11.6 Å². The van der Waals surface area contributed by atoms with Gasteiger partial charge in [-0.2, -0.15) is 0 Å². The molecule has 0 unspecified atom stereocenters. The summed E-state index contributed by atoms with van der Waals surface area (Å²) in [5.41, 5.74) is 0.643. The van der Waals surface area contributed by atoms with Gasteiger partial charge in [0.2, 0.25) is 0 Å². The molecule has 0 spiro atoms. The molecular formula is C12H9ClO2. The number of rotatable bonds is 1. The quantitative estimate of drug-likeness (QED) is 0.748. The largest absolute Gasteiger partial charge is 0.506 e. The normalized spacial score (nSPS) is 10.5. The van der Waals surface area contributed by atoms with Crippen LogP contribution in [0.25, 0.3) is 10.8 Å². The summed E-state index contributed by atoms with van der Waals surface area (Å²) >= 11 is 5.78. The molecule has 2 nitrogen and oxygen atoms in total. The molecule has 15 heavy (non-hydrogen) atoms. The van der Waals surface area contributed by atoms with Gasteiger partial charge in [0.25, 0.3) is 0 Å². The van der Waals surface area contributed by atoms with Crippen LogP contribution < -0.4 is 0 Å². The van der Waals surface area contributed by atoms with Crippen molar-refractivity contribution in [1.82, 2.24) is 0 Å². The van der Waals surface area contributed by atoms with E-state index in [1.807, 2.05) is 0 Å². The highest BCUT2D eigenvalue weighted by atomic mass is 35.5. The van der Waals surface area contributed by atoms with Crippen LogP contribution in [0.4, 0.5) is 0 Å². The summed E-state index contributed by atoms with van der Waals surface area (Å²) in [6, 6.07) is 8.53. The summed E-state index contributed by atoms with van der Waals surface area (Å²) in [5.74, 6) is 0.0702. The molecule has 1 N–H and O–H groups in total. The first-order valence-electron chi connectivity index (χ1n) is 4.51. The van der Waals surface area contributed by atoms with Gasteiger partial charge in [-0.3, -0.25) is 4.79 Å². The third-order valence-corrected chi connectivity index (χ3v) is 2.62. The van der Waals surface area contributed by atoms with Crippen molar-refractivity contribution in [3.8, 4) is 5.75 Å². The van der Waals surface area contributed by atoms with Gasteiger partial charge in [-0.1, -0.05) is 23.7 Å². The van der Waals surface area contributed by atoms with Gasteiger partial charge >= 0.3 is 0 Å². The van der Waals surface area contributed by atoms with E-state index >= 15 is 0 Å². The third-order valence-electron chi connectivity index (χ3n) is 2.31. The van der Waals surface area contributed by atoms with Crippen molar-refractivity contribution in [3.05, 3.63) is 40.9 Å². The number of fused-ring (bicyclic) bond motifs is 1. The summed E-state index contributed by atoms with van der Waals surface area (Å²) in [6.07, 6.45) is 0. The number of halogens is 1. The Kier molecular flexibility index (Phi) is 2.37. The van der Waals surface area contributed by atoms with Crippen LogP contribution in [0.2, 0.25) is 5.02 Å². The minimum Gasteiger partial charge on any atom is -0.506 e. The fraction of sp³-hybridized carbons (Fsp3) is 0.0833. The lowest BCUT2D eigenvalue weighted by Crippen LogP contribution is -1.90. The SMILES string of the molecule is CC(=O)c1ccc2cc(O)c(Cl)cc2c1. The van der Waals surface area contributed by atoms with E-state index in [1.54, 1.807) is 30.3 Å². The van der Waals surface area contributed by atoms with Gasteiger partial charge < -0.3 is 5.11 Å². The lowest BCUT2D eigenvalue weighted by atomic mass is 10.0. The molecule has 2 aromatic carbocycles. The molecule has 3 heteroatoms. The Balaban J connectivity index is 2.72. The van der Waals surface area contributed by atoms with Crippen LogP contribution in [0, 0.1) is 0 Å². The van der Waals surface area contributed by atoms with Crippen molar-refractivity contribution in [2.24, 2.45) is 0 Å². The van der Waals surface area contributed by atoms with E-state index < -0.39 is 0 Å². The Labute approximate surface area is 92.1 Å². The van der Waals surface area contributed by atoms with E-state index in [4.69, 9.17) is 11.6 Å². The molecule has 76 valence electrons. The molecule has 0 amide bonds. The van der Waals surface area contributed by atoms with Crippen molar-refractivity contribution in [2.45, 2.75) is 6.92 Å². The third kappa shape index (κ3) is 1.81. The number of phenolic OH excluding ortho intramolecular Hbond substituents is 1. The summed E-state index contributed by atoms with van der Waals surface area (Å²) in [6.45, 7) is 1.52. The maximum atomic E-state index is 11.2. The number of phenols is 1. The minimum absolute atomic E-state index is 0.0149. The van der Waals surface area contributed by atoms with E-state index in [0.29, 0.717) is 10.6 Å². The van der Waals surface area contributed by atoms with Gasteiger partial charge in [0.05, 0.1) is 5.02 Å². The van der Waals surface area contributed by atoms with E-state index in [2.05, 4.69) is 0 Å². The van der Waals surface area contributed by atoms with Crippen molar-refractivity contribution in [2.75, 3.05) is 0 Å². The average Bonchev–Trinajstić information content (AvgIpc) is 2.19. The van der Waals surface area contributed by atoms with E-state index in [0.717, 1.165) is 10.8 Å². The number of ketones is 1. The van der Waals surface area contributed by atoms with Crippen molar-refractivity contribution >= 4 is 28.2 Å². The highest BCUT2D eigenvalue weighted by Crippen LogP contribution is 2.29. The zero-order chi connectivity index (χ0) is 11.0. The molecule has 0 fully saturated rings. The van der Waals surface area contributed by atoms with Crippen molar-refractivity contribution < 1.29 is 9.90 Å². The zero-order valence-electron chi connectivity index (χ0n) is 8.12. The molecule has 0 radical (unpaired) electrons. The first kappa shape index (κ1) is 9.99. The molecule has 0 aromatic heterocycles. The highest BCUT2D eigenvalue weighted by Gasteiger charge is 2.04. The van der Waals surface area contributed by atoms with Crippen molar-refractivity contribution in [1.29, 1.82) is 0 Å². The molecule has 0 bridgehead atoms. The second-order valence-corrected chi connectivity index (χ2v) is 3.83. The summed E-state index contributed by atoms with van der Waals surface area (Å²) in [4.78, 5) is 11.2. The molecule has 0 saturated heterocycles. The number of benzene rings is 2. The van der Waals surface area contributed by atoms with Gasteiger partial charge in [0, 0.05) is 5.56 Å². The highest BCUT2D eigenvalue weighted by molar-refractivity contribution is 6.32. The summed E-state index contributed by atoms with van der Waals surface area (Å²) in [5, 5.41) is 11.4. The summed E-state index contributed by atoms with van der Waals surface area (Å²) in [7, 11) is 0. The number of carbonyl (C=O) groups excluding carboxylic acids is 1. The van der Waals surface area contributed by atoms with Crippen LogP contribution in [0.15, 0.2) is 30.3 Å². The number of hydrogen-bond donors (Lipinski definition) is 1. The number of hydrogen-bond acceptors (Lipinski definition) is 2. The number of Topliss-reactive ketones (excluding diaryl/α,β-unsaturated/α-hetero) is 1. The molecule has 0 aliphatic carbocycles. The lowest BCUT2D eigenvalue weighted by molar-refractivity contribution is 0.101. The topological polar surface area (TPSA) is 37.3 Å². The molecule has 0 aliphatic heterocycles. The Morgan fingerprint density at radius 3 is 2.60 bits per heavy atom. The first-order valence-corrected chi connectivity index (χ1v) is 4.89. The average molecular weight is 221 g/mol. The van der Waals surface area contributed by atoms with E-state index in [-0.39, 0.29) is 11.5 Å². The second kappa shape index (κ2) is 3.55. The standard InChI is InChI=1S/C12H9ClO2/c1-7(14)8-2-3-9-6-12(15)11(13)5-10(9)4-8/h2-6,15H,1H3. The number of aromatic hydroxyl groups is 1. The smallest absolute Gasteiger partial charge is 0.159 e. The van der Waals surface area contributed by atoms with Crippen LogP contribution in [-0.2, 0) is 0 Å². The lowest BCUT2D eigenvalue weighted by Gasteiger charge is -2.03. The first-order chi connectivity index (χ1) is 7.08. The Hall–Kier alpha value is -1.54. The zero-order valence-corrected chi connectivity index (χ0v) is 8.88. The Morgan fingerprint density at radius 1 is 1.20 bits per heavy atom. The van der Waals surface area contributed by atoms with Crippen LogP contribution in [0.1, 0.15) is 17.3 Å². The van der Waals surface area contributed by atoms with Gasteiger partial charge in [-0.25, -0.2) is 0 Å². The molecule has 0 heterocycles. The van der Waals surface area contributed by atoms with Gasteiger partial charge in [0.15, 0.2) is 5.78 Å². The van der Waals surface area contributed by atoms with Crippen molar-refractivity contribution in [3.63, 3.8) is 0 Å². The van der Waals surface area contributed by atoms with Gasteiger partial charge in [-0.15, -0.1) is 0 Å². The van der Waals surface area contributed by atoms with Crippen LogP contribution in [-0.4, -0.2) is 10.9 Å². The van der Waals surface area contributed by atoms with E-state index in [9.17, 15) is 9.90 Å². The van der Waals surface area contributed by atoms with Crippen LogP contribution in [0.5, 0.6) is 5.75 Å². The molecule has 2 aromatic rings. The second-order valence-electron chi connectivity index (χ2n) is 3.42. The Bertz CT molecular complexity index is 547. The van der Waals surface area contributed by atoms with Gasteiger partial charge in [0.1, 0.15) is 5.75 Å². The van der Waals surface area contributed by atoms with Crippen LogP contribution in [0.3, 0.4) is 0 Å². The maximum absolute atomic E-state index is 11.2. The predicted octanol–water partition coefficient (Wildman–Crippen LogP) is 3.40. The predicted molar refractivity (Wildman–Crippen MR) is 60.6 cm³/mol. The minimum atomic E-state index is 0.0149. The van der Waals surface area contributed by atoms with Gasteiger partial charge in [-0.05, 0) is 35.9 Å². The molecule has 0 saturated carbocycles.